The van der Waals surface area contributed by atoms with Crippen LogP contribution in [0.25, 0.3) is 0 Å². The molecule has 10 heteroatoms. The normalized spacial score (nSPS) is 12.6. The zero-order valence-electron chi connectivity index (χ0n) is 8.56. The van der Waals surface area contributed by atoms with Crippen LogP contribution >= 0.6 is 0 Å². The summed E-state index contributed by atoms with van der Waals surface area (Å²) in [4.78, 5) is 3.02. The fourth-order valence-corrected chi connectivity index (χ4v) is 1.22. The first kappa shape index (κ1) is 14.4. The molecule has 102 valence electrons. The van der Waals surface area contributed by atoms with E-state index in [9.17, 15) is 26.3 Å². The Bertz CT molecular complexity index is 442. The van der Waals surface area contributed by atoms with E-state index in [4.69, 9.17) is 11.5 Å². The summed E-state index contributed by atoms with van der Waals surface area (Å²) in [6.07, 6.45) is -9.79. The number of pyridine rings is 1. The van der Waals surface area contributed by atoms with Crippen LogP contribution in [0.15, 0.2) is 6.20 Å². The summed E-state index contributed by atoms with van der Waals surface area (Å²) in [6.45, 7) is -0.826. The average Bonchev–Trinajstić information content (AvgIpc) is 2.17. The number of rotatable bonds is 2. The predicted molar refractivity (Wildman–Crippen MR) is 48.2 cm³/mol. The molecule has 0 unspecified atom stereocenters. The minimum atomic E-state index is -5.19. The van der Waals surface area contributed by atoms with Crippen LogP contribution in [0.4, 0.5) is 32.2 Å². The van der Waals surface area contributed by atoms with Crippen LogP contribution in [0, 0.1) is 0 Å². The highest BCUT2D eigenvalue weighted by Gasteiger charge is 2.39. The number of anilines is 1. The highest BCUT2D eigenvalue weighted by atomic mass is 19.4. The molecule has 0 saturated heterocycles. The SMILES string of the molecule is NCc1c(C(F)(F)F)cnc(N)c1OC(F)(F)F. The van der Waals surface area contributed by atoms with Gasteiger partial charge in [0, 0.05) is 18.3 Å². The van der Waals surface area contributed by atoms with Crippen molar-refractivity contribution in [1.82, 2.24) is 4.98 Å². The van der Waals surface area contributed by atoms with Gasteiger partial charge in [0.15, 0.2) is 11.6 Å². The number of nitrogens with two attached hydrogens (primary N) is 2. The lowest BCUT2D eigenvalue weighted by atomic mass is 10.1. The lowest BCUT2D eigenvalue weighted by Crippen LogP contribution is -2.22. The van der Waals surface area contributed by atoms with E-state index in [0.29, 0.717) is 6.20 Å². The van der Waals surface area contributed by atoms with Crippen molar-refractivity contribution < 1.29 is 31.1 Å². The topological polar surface area (TPSA) is 74.2 Å². The van der Waals surface area contributed by atoms with E-state index in [1.165, 1.54) is 0 Å². The zero-order valence-corrected chi connectivity index (χ0v) is 8.56. The van der Waals surface area contributed by atoms with Gasteiger partial charge in [-0.05, 0) is 0 Å². The summed E-state index contributed by atoms with van der Waals surface area (Å²) in [5.74, 6) is -2.04. The Morgan fingerprint density at radius 3 is 2.11 bits per heavy atom. The Morgan fingerprint density at radius 1 is 1.17 bits per heavy atom. The number of nitrogen functional groups attached to an aromatic ring is 1. The summed E-state index contributed by atoms with van der Waals surface area (Å²) in [6, 6.07) is 0. The molecule has 0 radical (unpaired) electrons. The van der Waals surface area contributed by atoms with Gasteiger partial charge in [-0.25, -0.2) is 4.98 Å². The number of hydrogen-bond donors (Lipinski definition) is 2. The summed E-state index contributed by atoms with van der Waals surface area (Å²) in [5.41, 5.74) is 7.75. The molecule has 0 saturated carbocycles. The van der Waals surface area contributed by atoms with E-state index < -0.39 is 41.8 Å². The molecule has 0 aromatic carbocycles. The maximum Gasteiger partial charge on any atom is 0.573 e. The van der Waals surface area contributed by atoms with Gasteiger partial charge in [0.1, 0.15) is 0 Å². The van der Waals surface area contributed by atoms with Crippen LogP contribution in [0.5, 0.6) is 5.75 Å². The van der Waals surface area contributed by atoms with Gasteiger partial charge in [0.05, 0.1) is 5.56 Å². The highest BCUT2D eigenvalue weighted by Crippen LogP contribution is 2.39. The number of aromatic nitrogens is 1. The molecule has 18 heavy (non-hydrogen) atoms. The van der Waals surface area contributed by atoms with E-state index in [0.717, 1.165) is 0 Å². The fourth-order valence-electron chi connectivity index (χ4n) is 1.22. The molecule has 0 amide bonds. The minimum absolute atomic E-state index is 0.306. The van der Waals surface area contributed by atoms with Crippen LogP contribution in [0.3, 0.4) is 0 Å². The Kier molecular flexibility index (Phi) is 3.60. The second kappa shape index (κ2) is 4.52. The van der Waals surface area contributed by atoms with Crippen molar-refractivity contribution in [2.24, 2.45) is 5.73 Å². The highest BCUT2D eigenvalue weighted by molar-refractivity contribution is 5.54. The van der Waals surface area contributed by atoms with Crippen molar-refractivity contribution in [1.29, 1.82) is 0 Å². The Hall–Kier alpha value is -1.71. The molecule has 0 spiro atoms. The molecule has 0 atom stereocenters. The molecule has 0 bridgehead atoms. The summed E-state index contributed by atoms with van der Waals surface area (Å²) >= 11 is 0. The van der Waals surface area contributed by atoms with Crippen molar-refractivity contribution in [2.45, 2.75) is 19.1 Å². The van der Waals surface area contributed by atoms with Gasteiger partial charge in [-0.3, -0.25) is 0 Å². The zero-order chi connectivity index (χ0) is 14.1. The Balaban J connectivity index is 3.40. The number of alkyl halides is 6. The molecule has 1 aromatic rings. The van der Waals surface area contributed by atoms with Gasteiger partial charge in [-0.1, -0.05) is 0 Å². The van der Waals surface area contributed by atoms with Crippen LogP contribution in [0.2, 0.25) is 0 Å². The van der Waals surface area contributed by atoms with Gasteiger partial charge in [0.2, 0.25) is 0 Å². The van der Waals surface area contributed by atoms with Crippen molar-refractivity contribution in [2.75, 3.05) is 5.73 Å². The molecule has 4 N–H and O–H groups in total. The van der Waals surface area contributed by atoms with Gasteiger partial charge in [-0.15, -0.1) is 13.2 Å². The first-order valence-electron chi connectivity index (χ1n) is 4.36. The number of nitrogens with zero attached hydrogens (tertiary/aromatic N) is 1. The van der Waals surface area contributed by atoms with Crippen molar-refractivity contribution >= 4 is 5.82 Å². The third-order valence-corrected chi connectivity index (χ3v) is 1.89. The summed E-state index contributed by atoms with van der Waals surface area (Å²) in [7, 11) is 0. The van der Waals surface area contributed by atoms with Crippen molar-refractivity contribution in [3.8, 4) is 5.75 Å². The minimum Gasteiger partial charge on any atom is -0.401 e. The van der Waals surface area contributed by atoms with Crippen molar-refractivity contribution in [3.63, 3.8) is 0 Å². The lowest BCUT2D eigenvalue weighted by Gasteiger charge is -2.18. The molecular weight excluding hydrogens is 268 g/mol. The van der Waals surface area contributed by atoms with E-state index in [2.05, 4.69) is 9.72 Å². The second-order valence-electron chi connectivity index (χ2n) is 3.11. The quantitative estimate of drug-likeness (QED) is 0.810. The number of hydrogen-bond acceptors (Lipinski definition) is 4. The third kappa shape index (κ3) is 3.15. The Labute approximate surface area is 96.5 Å². The second-order valence-corrected chi connectivity index (χ2v) is 3.11. The fraction of sp³-hybridized carbons (Fsp3) is 0.375. The molecule has 0 aliphatic carbocycles. The third-order valence-electron chi connectivity index (χ3n) is 1.89. The summed E-state index contributed by atoms with van der Waals surface area (Å²) < 4.78 is 77.1. The van der Waals surface area contributed by atoms with E-state index >= 15 is 0 Å². The van der Waals surface area contributed by atoms with Crippen LogP contribution < -0.4 is 16.2 Å². The Morgan fingerprint density at radius 2 is 1.72 bits per heavy atom. The predicted octanol–water partition coefficient (Wildman–Crippen LogP) is 2.04. The molecule has 0 aliphatic rings. The molecular formula is C8H7F6N3O. The molecule has 1 heterocycles. The van der Waals surface area contributed by atoms with Crippen LogP contribution in [0.1, 0.15) is 11.1 Å². The largest absolute Gasteiger partial charge is 0.573 e. The van der Waals surface area contributed by atoms with Gasteiger partial charge in [-0.2, -0.15) is 13.2 Å². The number of halogens is 6. The maximum absolute atomic E-state index is 12.5. The monoisotopic (exact) mass is 275 g/mol. The molecule has 0 fully saturated rings. The van der Waals surface area contributed by atoms with Gasteiger partial charge >= 0.3 is 12.5 Å². The van der Waals surface area contributed by atoms with Crippen molar-refractivity contribution in [3.05, 3.63) is 17.3 Å². The average molecular weight is 275 g/mol. The molecule has 0 aliphatic heterocycles. The smallest absolute Gasteiger partial charge is 0.401 e. The standard InChI is InChI=1S/C8H7F6N3O/c9-7(10,11)4-2-17-6(16)5(3(4)1-15)18-8(12,13)14/h2H,1,15H2,(H2,16,17). The summed E-state index contributed by atoms with van der Waals surface area (Å²) in [5, 5.41) is 0. The van der Waals surface area contributed by atoms with E-state index in [1.54, 1.807) is 0 Å². The lowest BCUT2D eigenvalue weighted by molar-refractivity contribution is -0.274. The molecule has 1 aromatic heterocycles. The number of ether oxygens (including phenoxy) is 1. The van der Waals surface area contributed by atoms with E-state index in [-0.39, 0.29) is 0 Å². The first-order valence-corrected chi connectivity index (χ1v) is 4.36. The first-order chi connectivity index (χ1) is 8.06. The van der Waals surface area contributed by atoms with Crippen LogP contribution in [-0.2, 0) is 12.7 Å². The van der Waals surface area contributed by atoms with Gasteiger partial charge in [0.25, 0.3) is 0 Å². The van der Waals surface area contributed by atoms with Crippen LogP contribution in [-0.4, -0.2) is 11.3 Å². The van der Waals surface area contributed by atoms with Gasteiger partial charge < -0.3 is 16.2 Å². The molecule has 1 rings (SSSR count). The maximum atomic E-state index is 12.5. The van der Waals surface area contributed by atoms with E-state index in [1.807, 2.05) is 0 Å². The molecule has 4 nitrogen and oxygen atoms in total.